The predicted molar refractivity (Wildman–Crippen MR) is 127 cm³/mol. The Morgan fingerprint density at radius 3 is 2.21 bits per heavy atom. The fraction of sp³-hybridized carbons (Fsp3) is 0.625. The van der Waals surface area contributed by atoms with Crippen LogP contribution in [0.15, 0.2) is 36.0 Å². The van der Waals surface area contributed by atoms with Crippen LogP contribution in [0.2, 0.25) is 19.1 Å². The molecule has 0 radical (unpaired) electrons. The third kappa shape index (κ3) is 7.40. The van der Waals surface area contributed by atoms with E-state index in [0.717, 1.165) is 0 Å². The van der Waals surface area contributed by atoms with Gasteiger partial charge < -0.3 is 27.3 Å². The van der Waals surface area contributed by atoms with Crippen molar-refractivity contribution in [3.05, 3.63) is 63.2 Å². The molecule has 1 heterocycles. The summed E-state index contributed by atoms with van der Waals surface area (Å²) in [5.41, 5.74) is 2.09. The Morgan fingerprint density at radius 2 is 1.71 bits per heavy atom. The number of hydrogen-bond acceptors (Lipinski definition) is 1. The van der Waals surface area contributed by atoms with Gasteiger partial charge in [-0.2, -0.15) is 0 Å². The molecule has 1 saturated heterocycles. The summed E-state index contributed by atoms with van der Waals surface area (Å²) >= 11 is 0. The van der Waals surface area contributed by atoms with Crippen molar-refractivity contribution in [1.29, 1.82) is 0 Å². The van der Waals surface area contributed by atoms with E-state index < -0.39 is 8.24 Å². The summed E-state index contributed by atoms with van der Waals surface area (Å²) < 4.78 is 0. The summed E-state index contributed by atoms with van der Waals surface area (Å²) in [6, 6.07) is 1.84. The van der Waals surface area contributed by atoms with Crippen LogP contribution in [0.1, 0.15) is 46.5 Å². The van der Waals surface area contributed by atoms with E-state index in [4.69, 9.17) is 4.98 Å². The maximum atomic E-state index is 5.21. The Morgan fingerprint density at radius 1 is 1.11 bits per heavy atom. The minimum atomic E-state index is -1.56. The van der Waals surface area contributed by atoms with Crippen LogP contribution in [0.4, 0.5) is 0 Å². The zero-order valence-electron chi connectivity index (χ0n) is 19.8. The van der Waals surface area contributed by atoms with Crippen LogP contribution in [0, 0.1) is 27.7 Å². The molecule has 0 aromatic heterocycles. The molecule has 0 aromatic rings. The Labute approximate surface area is 193 Å². The van der Waals surface area contributed by atoms with Gasteiger partial charge in [0, 0.05) is 11.5 Å². The normalized spacial score (nSPS) is 26.8. The molecule has 1 fully saturated rings. The number of likely N-dealkylation sites (tertiary alicyclic amines) is 1. The molecule has 0 bridgehead atoms. The van der Waals surface area contributed by atoms with Crippen molar-refractivity contribution in [2.45, 2.75) is 77.2 Å². The molecule has 158 valence electrons. The SMILES string of the molecule is CC(C)(C)[N-][Si](C)(C)CC1=CC(N2CCCC2)C2(C=CC=CC2)C1.[CH3-].[CH3-].[CH3-].[Ti+4]. The Bertz CT molecular complexity index is 553. The topological polar surface area (TPSA) is 17.3 Å². The van der Waals surface area contributed by atoms with Gasteiger partial charge in [0.25, 0.3) is 0 Å². The molecule has 2 unspecified atom stereocenters. The summed E-state index contributed by atoms with van der Waals surface area (Å²) in [5, 5.41) is 0. The van der Waals surface area contributed by atoms with Gasteiger partial charge in [0.1, 0.15) is 0 Å². The molecule has 0 saturated carbocycles. The van der Waals surface area contributed by atoms with Crippen LogP contribution in [-0.2, 0) is 21.7 Å². The molecule has 1 spiro atoms. The van der Waals surface area contributed by atoms with E-state index in [0.29, 0.717) is 11.5 Å². The van der Waals surface area contributed by atoms with Gasteiger partial charge in [-0.15, -0.1) is 5.54 Å². The maximum absolute atomic E-state index is 5.21. The van der Waals surface area contributed by atoms with E-state index in [2.05, 4.69) is 69.1 Å². The van der Waals surface area contributed by atoms with Crippen LogP contribution >= 0.6 is 0 Å². The van der Waals surface area contributed by atoms with Crippen molar-refractivity contribution in [3.8, 4) is 0 Å². The Kier molecular flexibility index (Phi) is 12.4. The fourth-order valence-electron chi connectivity index (χ4n) is 5.12. The van der Waals surface area contributed by atoms with E-state index >= 15 is 0 Å². The van der Waals surface area contributed by atoms with Gasteiger partial charge >= 0.3 is 21.7 Å². The molecule has 2 nitrogen and oxygen atoms in total. The Balaban J connectivity index is 0. The largest absolute Gasteiger partial charge is 4.00 e. The summed E-state index contributed by atoms with van der Waals surface area (Å²) in [7, 11) is -1.56. The van der Waals surface area contributed by atoms with Crippen molar-refractivity contribution in [2.24, 2.45) is 5.41 Å². The number of hydrogen-bond donors (Lipinski definition) is 0. The average molecular weight is 437 g/mol. The molecule has 1 aliphatic heterocycles. The minimum Gasteiger partial charge on any atom is -0.660 e. The van der Waals surface area contributed by atoms with Gasteiger partial charge in [0.15, 0.2) is 0 Å². The molecule has 2 aliphatic carbocycles. The molecule has 0 aromatic carbocycles. The zero-order chi connectivity index (χ0) is 17.4. The number of nitrogens with zero attached hydrogens (tertiary/aromatic N) is 2. The molecular formula is C24H44N2SiTi. The van der Waals surface area contributed by atoms with Gasteiger partial charge in [0.2, 0.25) is 0 Å². The van der Waals surface area contributed by atoms with Gasteiger partial charge in [0.05, 0.1) is 0 Å². The van der Waals surface area contributed by atoms with Crippen molar-refractivity contribution in [1.82, 2.24) is 4.90 Å². The average Bonchev–Trinajstić information content (AvgIpc) is 3.05. The first kappa shape index (κ1) is 30.3. The van der Waals surface area contributed by atoms with E-state index in [-0.39, 0.29) is 49.5 Å². The second kappa shape index (κ2) is 11.5. The maximum Gasteiger partial charge on any atom is 4.00 e. The van der Waals surface area contributed by atoms with Crippen LogP contribution in [0.3, 0.4) is 0 Å². The smallest absolute Gasteiger partial charge is 0.660 e. The summed E-state index contributed by atoms with van der Waals surface area (Å²) in [6.07, 6.45) is 17.2. The number of rotatable bonds is 4. The minimum absolute atomic E-state index is 0. The quantitative estimate of drug-likeness (QED) is 0.263. The van der Waals surface area contributed by atoms with E-state index in [1.165, 1.54) is 44.8 Å². The first-order chi connectivity index (χ1) is 11.2. The van der Waals surface area contributed by atoms with Gasteiger partial charge in [-0.1, -0.05) is 84.1 Å². The van der Waals surface area contributed by atoms with Crippen molar-refractivity contribution in [3.63, 3.8) is 0 Å². The molecule has 0 N–H and O–H groups in total. The Hall–Kier alpha value is 0.0712. The predicted octanol–water partition coefficient (Wildman–Crippen LogP) is 7.01. The van der Waals surface area contributed by atoms with Crippen molar-refractivity contribution in [2.75, 3.05) is 13.1 Å². The molecule has 3 aliphatic rings. The zero-order valence-corrected chi connectivity index (χ0v) is 22.4. The van der Waals surface area contributed by atoms with Crippen LogP contribution in [-0.4, -0.2) is 37.8 Å². The second-order valence-electron chi connectivity index (χ2n) is 9.69. The molecule has 28 heavy (non-hydrogen) atoms. The fourth-order valence-corrected chi connectivity index (χ4v) is 8.37. The summed E-state index contributed by atoms with van der Waals surface area (Å²) in [5.74, 6) is 0. The van der Waals surface area contributed by atoms with Crippen LogP contribution < -0.4 is 0 Å². The van der Waals surface area contributed by atoms with Gasteiger partial charge in [-0.25, -0.2) is 0 Å². The van der Waals surface area contributed by atoms with E-state index in [1.54, 1.807) is 5.57 Å². The third-order valence-corrected chi connectivity index (χ3v) is 8.14. The first-order valence-electron chi connectivity index (χ1n) is 9.71. The van der Waals surface area contributed by atoms with Crippen LogP contribution in [0.5, 0.6) is 0 Å². The molecule has 3 rings (SSSR count). The van der Waals surface area contributed by atoms with Gasteiger partial charge in [-0.3, -0.25) is 4.90 Å². The summed E-state index contributed by atoms with van der Waals surface area (Å²) in [4.78, 5) is 7.96. The molecule has 2 atom stereocenters. The summed E-state index contributed by atoms with van der Waals surface area (Å²) in [6.45, 7) is 14.2. The second-order valence-corrected chi connectivity index (χ2v) is 13.9. The first-order valence-corrected chi connectivity index (χ1v) is 12.9. The van der Waals surface area contributed by atoms with Crippen LogP contribution in [0.25, 0.3) is 4.98 Å². The van der Waals surface area contributed by atoms with Crippen molar-refractivity contribution >= 4 is 8.24 Å². The third-order valence-electron chi connectivity index (χ3n) is 5.54. The number of allylic oxidation sites excluding steroid dienone is 4. The monoisotopic (exact) mass is 436 g/mol. The van der Waals surface area contributed by atoms with Crippen molar-refractivity contribution < 1.29 is 21.7 Å². The molecule has 0 amide bonds. The standard InChI is InChI=1S/C21H35N2Si.3CH3.Ti/c1-20(2,3)22-24(4,5)17-18-15-19(23-13-9-10-14-23)21(16-18)11-7-6-8-12-21;;;;/h6-8,11,15,19H,9-10,12-14,16-17H2,1-5H3;3*1H3;/q4*-1;+4. The van der Waals surface area contributed by atoms with E-state index in [9.17, 15) is 0 Å². The molecular weight excluding hydrogens is 392 g/mol. The van der Waals surface area contributed by atoms with E-state index in [1.807, 2.05) is 0 Å². The van der Waals surface area contributed by atoms with Gasteiger partial charge in [-0.05, 0) is 38.8 Å². The molecule has 4 heteroatoms.